The Morgan fingerprint density at radius 3 is 2.45 bits per heavy atom. The highest BCUT2D eigenvalue weighted by atomic mass is 19.4. The predicted octanol–water partition coefficient (Wildman–Crippen LogP) is 4.22. The van der Waals surface area contributed by atoms with Crippen LogP contribution < -0.4 is 10.5 Å². The van der Waals surface area contributed by atoms with Crippen molar-refractivity contribution in [3.8, 4) is 28.1 Å². The summed E-state index contributed by atoms with van der Waals surface area (Å²) in [5.41, 5.74) is 6.22. The molecule has 0 aliphatic rings. The summed E-state index contributed by atoms with van der Waals surface area (Å²) >= 11 is 0. The summed E-state index contributed by atoms with van der Waals surface area (Å²) in [6.45, 7) is 3.07. The number of benzene rings is 1. The summed E-state index contributed by atoms with van der Waals surface area (Å²) in [5, 5.41) is 4.17. The Morgan fingerprint density at radius 2 is 1.77 bits per heavy atom. The van der Waals surface area contributed by atoms with Gasteiger partial charge in [0.15, 0.2) is 5.65 Å². The fourth-order valence-corrected chi connectivity index (χ4v) is 3.34. The number of aryl methyl sites for hydroxylation is 2. The Hall–Kier alpha value is -3.76. The number of nitrogens with two attached hydrogens (primary N) is 1. The molecule has 0 spiro atoms. The molecule has 0 saturated carbocycles. The van der Waals surface area contributed by atoms with Gasteiger partial charge in [0, 0.05) is 17.3 Å². The number of fused-ring (bicyclic) bond motifs is 1. The van der Waals surface area contributed by atoms with Crippen molar-refractivity contribution in [1.29, 1.82) is 0 Å². The quantitative estimate of drug-likeness (QED) is 0.488. The second-order valence-corrected chi connectivity index (χ2v) is 6.81. The van der Waals surface area contributed by atoms with E-state index < -0.39 is 17.7 Å². The molecule has 2 N–H and O–H groups in total. The minimum Gasteiger partial charge on any atom is -0.496 e. The SMILES string of the molecule is COc1cc(F)ccc1-c1nc(N)n2nc(C)nc2c1-c1cc(C)nc(C(F)(F)F)c1. The van der Waals surface area contributed by atoms with E-state index in [1.165, 1.54) is 36.7 Å². The Kier molecular flexibility index (Phi) is 4.75. The summed E-state index contributed by atoms with van der Waals surface area (Å²) in [5.74, 6) is -0.105. The Bertz CT molecular complexity index is 1320. The van der Waals surface area contributed by atoms with Crippen LogP contribution in [0.15, 0.2) is 30.3 Å². The second-order valence-electron chi connectivity index (χ2n) is 6.81. The van der Waals surface area contributed by atoms with Gasteiger partial charge in [-0.05, 0) is 43.7 Å². The van der Waals surface area contributed by atoms with E-state index in [0.717, 1.165) is 12.1 Å². The van der Waals surface area contributed by atoms with Crippen LogP contribution in [0.5, 0.6) is 5.75 Å². The summed E-state index contributed by atoms with van der Waals surface area (Å²) in [7, 11) is 1.35. The number of halogens is 4. The van der Waals surface area contributed by atoms with Crippen LogP contribution in [0.25, 0.3) is 28.0 Å². The molecule has 0 radical (unpaired) electrons. The Balaban J connectivity index is 2.14. The first kappa shape index (κ1) is 20.5. The third-order valence-electron chi connectivity index (χ3n) is 4.57. The molecular weight excluding hydrogens is 416 g/mol. The molecule has 11 heteroatoms. The minimum absolute atomic E-state index is 0.0393. The number of nitrogens with zero attached hydrogens (tertiary/aromatic N) is 5. The minimum atomic E-state index is -4.66. The van der Waals surface area contributed by atoms with Crippen LogP contribution in [0.3, 0.4) is 0 Å². The van der Waals surface area contributed by atoms with Crippen LogP contribution in [-0.2, 0) is 6.18 Å². The first-order valence-corrected chi connectivity index (χ1v) is 9.01. The molecule has 4 rings (SSSR count). The van der Waals surface area contributed by atoms with Crippen molar-refractivity contribution in [2.75, 3.05) is 12.8 Å². The number of ether oxygens (including phenoxy) is 1. The molecular formula is C20H16F4N6O. The van der Waals surface area contributed by atoms with Gasteiger partial charge in [-0.25, -0.2) is 19.3 Å². The molecule has 160 valence electrons. The van der Waals surface area contributed by atoms with Crippen molar-refractivity contribution in [3.05, 3.63) is 53.4 Å². The van der Waals surface area contributed by atoms with Crippen molar-refractivity contribution in [1.82, 2.24) is 24.6 Å². The van der Waals surface area contributed by atoms with E-state index in [1.54, 1.807) is 6.92 Å². The van der Waals surface area contributed by atoms with Gasteiger partial charge in [-0.15, -0.1) is 5.10 Å². The normalized spacial score (nSPS) is 11.8. The van der Waals surface area contributed by atoms with Crippen LogP contribution >= 0.6 is 0 Å². The number of alkyl halides is 3. The summed E-state index contributed by atoms with van der Waals surface area (Å²) < 4.78 is 60.6. The van der Waals surface area contributed by atoms with E-state index in [9.17, 15) is 17.6 Å². The molecule has 1 aromatic carbocycles. The lowest BCUT2D eigenvalue weighted by molar-refractivity contribution is -0.141. The zero-order valence-corrected chi connectivity index (χ0v) is 16.6. The van der Waals surface area contributed by atoms with Crippen LogP contribution in [0.4, 0.5) is 23.5 Å². The van der Waals surface area contributed by atoms with E-state index in [2.05, 4.69) is 20.1 Å². The van der Waals surface area contributed by atoms with Gasteiger partial charge in [0.1, 0.15) is 23.1 Å². The molecule has 31 heavy (non-hydrogen) atoms. The predicted molar refractivity (Wildman–Crippen MR) is 105 cm³/mol. The van der Waals surface area contributed by atoms with Gasteiger partial charge in [-0.1, -0.05) is 0 Å². The summed E-state index contributed by atoms with van der Waals surface area (Å²) in [4.78, 5) is 12.3. The van der Waals surface area contributed by atoms with Gasteiger partial charge in [-0.3, -0.25) is 0 Å². The van der Waals surface area contributed by atoms with E-state index in [1.807, 2.05) is 0 Å². The number of pyridine rings is 1. The Labute approximate surface area is 173 Å². The van der Waals surface area contributed by atoms with Gasteiger partial charge < -0.3 is 10.5 Å². The lowest BCUT2D eigenvalue weighted by Crippen LogP contribution is -2.10. The molecule has 0 fully saturated rings. The van der Waals surface area contributed by atoms with Crippen LogP contribution in [0, 0.1) is 19.7 Å². The molecule has 0 aliphatic heterocycles. The number of methoxy groups -OCH3 is 1. The van der Waals surface area contributed by atoms with Crippen molar-refractivity contribution in [2.45, 2.75) is 20.0 Å². The highest BCUT2D eigenvalue weighted by Crippen LogP contribution is 2.40. The number of aromatic nitrogens is 5. The first-order valence-electron chi connectivity index (χ1n) is 9.01. The smallest absolute Gasteiger partial charge is 0.433 e. The molecule has 7 nitrogen and oxygen atoms in total. The summed E-state index contributed by atoms with van der Waals surface area (Å²) in [6, 6.07) is 6.14. The van der Waals surface area contributed by atoms with Crippen molar-refractivity contribution in [2.24, 2.45) is 0 Å². The third-order valence-corrected chi connectivity index (χ3v) is 4.57. The molecule has 0 aliphatic carbocycles. The lowest BCUT2D eigenvalue weighted by atomic mass is 9.98. The second kappa shape index (κ2) is 7.18. The molecule has 0 amide bonds. The zero-order valence-electron chi connectivity index (χ0n) is 16.6. The molecule has 0 unspecified atom stereocenters. The van der Waals surface area contributed by atoms with Crippen LogP contribution in [-0.4, -0.2) is 31.7 Å². The molecule has 0 atom stereocenters. The van der Waals surface area contributed by atoms with Crippen molar-refractivity contribution in [3.63, 3.8) is 0 Å². The first-order chi connectivity index (χ1) is 14.6. The van der Waals surface area contributed by atoms with Gasteiger partial charge in [0.05, 0.1) is 18.4 Å². The maximum absolute atomic E-state index is 13.8. The molecule has 4 aromatic rings. The van der Waals surface area contributed by atoms with E-state index in [-0.39, 0.29) is 39.9 Å². The van der Waals surface area contributed by atoms with E-state index >= 15 is 0 Å². The number of hydrogen-bond acceptors (Lipinski definition) is 6. The largest absolute Gasteiger partial charge is 0.496 e. The maximum Gasteiger partial charge on any atom is 0.433 e. The van der Waals surface area contributed by atoms with Gasteiger partial charge in [0.2, 0.25) is 5.95 Å². The maximum atomic E-state index is 13.8. The molecule has 0 saturated heterocycles. The number of rotatable bonds is 3. The number of nitrogen functional groups attached to an aromatic ring is 1. The van der Waals surface area contributed by atoms with Gasteiger partial charge in [0.25, 0.3) is 0 Å². The number of anilines is 1. The van der Waals surface area contributed by atoms with Crippen molar-refractivity contribution >= 4 is 11.6 Å². The van der Waals surface area contributed by atoms with Gasteiger partial charge in [-0.2, -0.15) is 17.7 Å². The molecule has 3 aromatic heterocycles. The van der Waals surface area contributed by atoms with E-state index in [0.29, 0.717) is 11.4 Å². The van der Waals surface area contributed by atoms with Crippen LogP contribution in [0.1, 0.15) is 17.2 Å². The Morgan fingerprint density at radius 1 is 1.03 bits per heavy atom. The highest BCUT2D eigenvalue weighted by molar-refractivity contribution is 5.92. The topological polar surface area (TPSA) is 91.2 Å². The average molecular weight is 432 g/mol. The molecule has 3 heterocycles. The van der Waals surface area contributed by atoms with E-state index in [4.69, 9.17) is 10.5 Å². The van der Waals surface area contributed by atoms with Crippen molar-refractivity contribution < 1.29 is 22.3 Å². The number of hydrogen-bond donors (Lipinski definition) is 1. The highest BCUT2D eigenvalue weighted by Gasteiger charge is 2.34. The van der Waals surface area contributed by atoms with Crippen LogP contribution in [0.2, 0.25) is 0 Å². The van der Waals surface area contributed by atoms with Gasteiger partial charge >= 0.3 is 6.18 Å². The lowest BCUT2D eigenvalue weighted by Gasteiger charge is -2.16. The zero-order chi connectivity index (χ0) is 22.5. The third kappa shape index (κ3) is 3.62. The monoisotopic (exact) mass is 432 g/mol. The fourth-order valence-electron chi connectivity index (χ4n) is 3.34. The standard InChI is InChI=1S/C20H16F4N6O/c1-9-6-11(7-15(26-9)20(22,23)24)16-17(13-5-4-12(21)8-14(13)31-3)28-19(25)30-18(16)27-10(2)29-30/h4-8H,1-3H3,(H2,25,28). The molecule has 0 bridgehead atoms. The average Bonchev–Trinajstić information content (AvgIpc) is 3.08. The summed E-state index contributed by atoms with van der Waals surface area (Å²) in [6.07, 6.45) is -4.66. The fraction of sp³-hybridized carbons (Fsp3) is 0.200.